The highest BCUT2D eigenvalue weighted by Crippen LogP contribution is 2.56. The van der Waals surface area contributed by atoms with Crippen LogP contribution in [0.4, 0.5) is 5.69 Å². The summed E-state index contributed by atoms with van der Waals surface area (Å²) in [5, 5.41) is 9.85. The summed E-state index contributed by atoms with van der Waals surface area (Å²) in [5.74, 6) is 0.192. The van der Waals surface area contributed by atoms with Crippen LogP contribution in [-0.2, 0) is 9.59 Å². The van der Waals surface area contributed by atoms with Crippen LogP contribution in [-0.4, -0.2) is 64.9 Å². The van der Waals surface area contributed by atoms with E-state index in [1.54, 1.807) is 6.07 Å². The molecular weight excluding hydrogens is 514 g/mol. The van der Waals surface area contributed by atoms with Gasteiger partial charge in [0.25, 0.3) is 5.91 Å². The predicted octanol–water partition coefficient (Wildman–Crippen LogP) is 5.62. The van der Waals surface area contributed by atoms with Gasteiger partial charge in [-0.1, -0.05) is 49.6 Å². The third-order valence-electron chi connectivity index (χ3n) is 10.3. The fourth-order valence-corrected chi connectivity index (χ4v) is 8.37. The number of aromatic carboxylic acids is 1. The zero-order valence-electron chi connectivity index (χ0n) is 23.6. The van der Waals surface area contributed by atoms with Crippen molar-refractivity contribution in [2.45, 2.75) is 75.8 Å². The Morgan fingerprint density at radius 1 is 0.829 bits per heavy atom. The lowest BCUT2D eigenvalue weighted by Gasteiger charge is -2.38. The summed E-state index contributed by atoms with van der Waals surface area (Å²) in [4.78, 5) is 44.8. The van der Waals surface area contributed by atoms with E-state index in [4.69, 9.17) is 0 Å². The van der Waals surface area contributed by atoms with Crippen molar-refractivity contribution in [2.75, 3.05) is 31.1 Å². The molecule has 2 saturated heterocycles. The third-order valence-corrected chi connectivity index (χ3v) is 10.3. The average Bonchev–Trinajstić information content (AvgIpc) is 3.52. The number of carbonyl (C=O) groups is 3. The Morgan fingerprint density at radius 2 is 1.61 bits per heavy atom. The molecule has 7 rings (SSSR count). The standard InChI is InChI=1S/C34H39N3O4/c38-30-11-6-16-36(30)26-14-17-35(18-15-26)33(39)25-19-23-9-4-5-10-27(23)32-31(22-7-2-1-3-8-22)28-13-12-24(34(40)41)20-29(28)37(32)21-25/h4-5,9-10,12-13,19-20,22,26,31-32H,1-3,6-8,11,14-18,21H2,(H,40,41). The van der Waals surface area contributed by atoms with Crippen molar-refractivity contribution >= 4 is 29.5 Å². The number of rotatable bonds is 4. The molecule has 2 unspecified atom stereocenters. The van der Waals surface area contributed by atoms with E-state index in [0.29, 0.717) is 37.5 Å². The first-order valence-corrected chi connectivity index (χ1v) is 15.5. The molecule has 4 heterocycles. The minimum absolute atomic E-state index is 0.0590. The van der Waals surface area contributed by atoms with Crippen LogP contribution in [0.2, 0.25) is 0 Å². The van der Waals surface area contributed by atoms with Crippen LogP contribution in [0, 0.1) is 5.92 Å². The second kappa shape index (κ2) is 10.7. The molecule has 2 aromatic rings. The molecule has 2 aromatic carbocycles. The van der Waals surface area contributed by atoms with Gasteiger partial charge in [0.2, 0.25) is 5.91 Å². The zero-order chi connectivity index (χ0) is 28.1. The molecule has 5 aliphatic rings. The summed E-state index contributed by atoms with van der Waals surface area (Å²) in [6.07, 6.45) is 11.4. The van der Waals surface area contributed by atoms with E-state index in [0.717, 1.165) is 42.6 Å². The number of hydrogen-bond acceptors (Lipinski definition) is 4. The number of carboxylic acids is 1. The second-order valence-corrected chi connectivity index (χ2v) is 12.6. The summed E-state index contributed by atoms with van der Waals surface area (Å²) >= 11 is 0. The van der Waals surface area contributed by atoms with E-state index in [1.165, 1.54) is 43.2 Å². The lowest BCUT2D eigenvalue weighted by molar-refractivity contribution is -0.132. The molecule has 4 aliphatic heterocycles. The lowest BCUT2D eigenvalue weighted by atomic mass is 9.73. The summed E-state index contributed by atoms with van der Waals surface area (Å²) < 4.78 is 0. The van der Waals surface area contributed by atoms with Crippen molar-refractivity contribution in [1.82, 2.24) is 9.80 Å². The maximum absolute atomic E-state index is 14.1. The third kappa shape index (κ3) is 4.63. The van der Waals surface area contributed by atoms with Crippen LogP contribution in [0.5, 0.6) is 0 Å². The van der Waals surface area contributed by atoms with Crippen LogP contribution in [0.3, 0.4) is 0 Å². The van der Waals surface area contributed by atoms with Crippen LogP contribution in [0.1, 0.15) is 96.8 Å². The first-order chi connectivity index (χ1) is 20.0. The molecule has 0 aromatic heterocycles. The summed E-state index contributed by atoms with van der Waals surface area (Å²) in [7, 11) is 0. The van der Waals surface area contributed by atoms with Gasteiger partial charge in [0.05, 0.1) is 11.6 Å². The van der Waals surface area contributed by atoms with Gasteiger partial charge in [0.1, 0.15) is 0 Å². The van der Waals surface area contributed by atoms with Gasteiger partial charge in [0, 0.05) is 55.8 Å². The van der Waals surface area contributed by atoms with E-state index in [9.17, 15) is 19.5 Å². The van der Waals surface area contributed by atoms with Gasteiger partial charge in [-0.05, 0) is 72.9 Å². The second-order valence-electron chi connectivity index (χ2n) is 12.6. The number of likely N-dealkylation sites (tertiary alicyclic amines) is 2. The molecule has 7 heteroatoms. The number of hydrogen-bond donors (Lipinski definition) is 1. The molecule has 7 nitrogen and oxygen atoms in total. The average molecular weight is 554 g/mol. The number of carbonyl (C=O) groups excluding carboxylic acids is 2. The highest BCUT2D eigenvalue weighted by Gasteiger charge is 2.46. The van der Waals surface area contributed by atoms with E-state index in [2.05, 4.69) is 29.2 Å². The van der Waals surface area contributed by atoms with E-state index in [1.807, 2.05) is 28.0 Å². The quantitative estimate of drug-likeness (QED) is 0.532. The fraction of sp³-hybridized carbons (Fsp3) is 0.500. The number of benzene rings is 2. The lowest BCUT2D eigenvalue weighted by Crippen LogP contribution is -2.48. The smallest absolute Gasteiger partial charge is 0.335 e. The molecule has 2 amide bonds. The maximum Gasteiger partial charge on any atom is 0.335 e. The van der Waals surface area contributed by atoms with E-state index in [-0.39, 0.29) is 29.8 Å². The highest BCUT2D eigenvalue weighted by molar-refractivity contribution is 6.00. The molecule has 0 spiro atoms. The molecule has 1 saturated carbocycles. The number of fused-ring (bicyclic) bond motifs is 5. The Bertz CT molecular complexity index is 1400. The number of carboxylic acid groups (broad SMARTS) is 1. The monoisotopic (exact) mass is 553 g/mol. The molecule has 3 fully saturated rings. The van der Waals surface area contributed by atoms with Gasteiger partial charge in [-0.3, -0.25) is 9.59 Å². The first kappa shape index (κ1) is 26.3. The Morgan fingerprint density at radius 3 is 2.34 bits per heavy atom. The molecule has 1 N–H and O–H groups in total. The van der Waals surface area contributed by atoms with Crippen LogP contribution in [0.15, 0.2) is 48.0 Å². The predicted molar refractivity (Wildman–Crippen MR) is 158 cm³/mol. The Balaban J connectivity index is 1.23. The van der Waals surface area contributed by atoms with Crippen molar-refractivity contribution in [2.24, 2.45) is 5.92 Å². The molecule has 1 aliphatic carbocycles. The van der Waals surface area contributed by atoms with Gasteiger partial charge in [-0.25, -0.2) is 4.79 Å². The minimum atomic E-state index is -0.924. The summed E-state index contributed by atoms with van der Waals surface area (Å²) in [5.41, 5.74) is 5.56. The molecule has 41 heavy (non-hydrogen) atoms. The van der Waals surface area contributed by atoms with Crippen molar-refractivity contribution in [3.63, 3.8) is 0 Å². The molecule has 0 radical (unpaired) electrons. The van der Waals surface area contributed by atoms with Crippen molar-refractivity contribution in [3.8, 4) is 0 Å². The van der Waals surface area contributed by atoms with Crippen molar-refractivity contribution < 1.29 is 19.5 Å². The van der Waals surface area contributed by atoms with Crippen LogP contribution < -0.4 is 4.90 Å². The summed E-state index contributed by atoms with van der Waals surface area (Å²) in [6.45, 7) is 2.61. The highest BCUT2D eigenvalue weighted by atomic mass is 16.4. The molecule has 0 bridgehead atoms. The summed E-state index contributed by atoms with van der Waals surface area (Å²) in [6, 6.07) is 14.4. The van der Waals surface area contributed by atoms with Crippen molar-refractivity contribution in [3.05, 3.63) is 70.3 Å². The van der Waals surface area contributed by atoms with Gasteiger partial charge >= 0.3 is 5.97 Å². The Labute approximate surface area is 241 Å². The largest absolute Gasteiger partial charge is 0.478 e. The Kier molecular flexibility index (Phi) is 6.84. The van der Waals surface area contributed by atoms with E-state index >= 15 is 0 Å². The number of piperidine rings is 1. The fourth-order valence-electron chi connectivity index (χ4n) is 8.37. The zero-order valence-corrected chi connectivity index (χ0v) is 23.6. The topological polar surface area (TPSA) is 81.2 Å². The van der Waals surface area contributed by atoms with Gasteiger partial charge in [0.15, 0.2) is 0 Å². The molecule has 2 atom stereocenters. The van der Waals surface area contributed by atoms with Crippen LogP contribution in [0.25, 0.3) is 6.08 Å². The molecular formula is C34H39N3O4. The molecule has 214 valence electrons. The van der Waals surface area contributed by atoms with Crippen LogP contribution >= 0.6 is 0 Å². The van der Waals surface area contributed by atoms with Gasteiger partial charge in [-0.15, -0.1) is 0 Å². The number of nitrogens with zero attached hydrogens (tertiary/aromatic N) is 3. The number of anilines is 1. The normalized spacial score (nSPS) is 24.9. The van der Waals surface area contributed by atoms with Crippen molar-refractivity contribution in [1.29, 1.82) is 0 Å². The minimum Gasteiger partial charge on any atom is -0.478 e. The maximum atomic E-state index is 14.1. The van der Waals surface area contributed by atoms with E-state index < -0.39 is 5.97 Å². The SMILES string of the molecule is O=C(O)c1ccc2c(c1)N1CC(C(=O)N3CCC(N4CCCC4=O)CC3)=Cc3ccccc3C1C2C1CCCCC1. The first-order valence-electron chi connectivity index (χ1n) is 15.5. The Hall–Kier alpha value is -3.61. The van der Waals surface area contributed by atoms with Gasteiger partial charge < -0.3 is 19.8 Å². The van der Waals surface area contributed by atoms with Gasteiger partial charge in [-0.2, -0.15) is 0 Å². The number of amides is 2.